The molecule has 2 aromatic heterocycles. The van der Waals surface area contributed by atoms with E-state index in [9.17, 15) is 13.2 Å². The maximum atomic E-state index is 12.8. The summed E-state index contributed by atoms with van der Waals surface area (Å²) in [6.45, 7) is 4.14. The van der Waals surface area contributed by atoms with Crippen molar-refractivity contribution < 1.29 is 17.9 Å². The van der Waals surface area contributed by atoms with Gasteiger partial charge in [0.2, 0.25) is 0 Å². The smallest absolute Gasteiger partial charge is 0.251 e. The summed E-state index contributed by atoms with van der Waals surface area (Å²) in [6.07, 6.45) is 5.04. The number of sulfone groups is 1. The molecule has 0 aliphatic rings. The minimum atomic E-state index is -3.26. The third kappa shape index (κ3) is 5.23. The minimum Gasteiger partial charge on any atom is -0.487 e. The molecule has 2 aromatic carbocycles. The second kappa shape index (κ2) is 9.07. The van der Waals surface area contributed by atoms with E-state index < -0.39 is 9.84 Å². The predicted molar refractivity (Wildman–Crippen MR) is 126 cm³/mol. The largest absolute Gasteiger partial charge is 0.487 e. The second-order valence-electron chi connectivity index (χ2n) is 8.01. The number of hydrogen-bond donors (Lipinski definition) is 1. The number of fused-ring (bicyclic) bond motifs is 1. The lowest BCUT2D eigenvalue weighted by atomic mass is 10.1. The van der Waals surface area contributed by atoms with E-state index in [0.717, 1.165) is 22.5 Å². The van der Waals surface area contributed by atoms with Crippen LogP contribution in [0.5, 0.6) is 5.75 Å². The first kappa shape index (κ1) is 22.5. The Bertz CT molecular complexity index is 1410. The Morgan fingerprint density at radius 2 is 1.88 bits per heavy atom. The molecule has 7 nitrogen and oxygen atoms in total. The second-order valence-corrected chi connectivity index (χ2v) is 10.0. The van der Waals surface area contributed by atoms with Gasteiger partial charge in [-0.05, 0) is 61.4 Å². The normalized spacial score (nSPS) is 12.5. The molecular weight excluding hydrogens is 438 g/mol. The van der Waals surface area contributed by atoms with E-state index in [1.807, 2.05) is 42.8 Å². The number of aromatic nitrogens is 2. The van der Waals surface area contributed by atoms with Gasteiger partial charge in [0, 0.05) is 24.2 Å². The van der Waals surface area contributed by atoms with Gasteiger partial charge in [-0.25, -0.2) is 13.4 Å². The van der Waals surface area contributed by atoms with E-state index in [1.54, 1.807) is 48.5 Å². The Labute approximate surface area is 193 Å². The molecule has 0 saturated carbocycles. The zero-order chi connectivity index (χ0) is 23.6. The minimum absolute atomic E-state index is 0.246. The van der Waals surface area contributed by atoms with Crippen molar-refractivity contribution in [3.05, 3.63) is 95.4 Å². The summed E-state index contributed by atoms with van der Waals surface area (Å²) in [5, 5.41) is 2.94. The monoisotopic (exact) mass is 463 g/mol. The van der Waals surface area contributed by atoms with Crippen LogP contribution in [0, 0.1) is 6.92 Å². The predicted octanol–water partition coefficient (Wildman–Crippen LogP) is 4.12. The topological polar surface area (TPSA) is 89.8 Å². The maximum absolute atomic E-state index is 12.8. The van der Waals surface area contributed by atoms with Crippen LogP contribution in [0.3, 0.4) is 0 Å². The van der Waals surface area contributed by atoms with Gasteiger partial charge in [-0.1, -0.05) is 24.3 Å². The highest BCUT2D eigenvalue weighted by atomic mass is 32.2. The fourth-order valence-electron chi connectivity index (χ4n) is 3.53. The zero-order valence-electron chi connectivity index (χ0n) is 18.6. The van der Waals surface area contributed by atoms with Crippen LogP contribution in [0.4, 0.5) is 0 Å². The van der Waals surface area contributed by atoms with Gasteiger partial charge >= 0.3 is 0 Å². The summed E-state index contributed by atoms with van der Waals surface area (Å²) in [5.41, 5.74) is 4.05. The highest BCUT2D eigenvalue weighted by Crippen LogP contribution is 2.19. The van der Waals surface area contributed by atoms with Gasteiger partial charge in [0.1, 0.15) is 18.0 Å². The fourth-order valence-corrected chi connectivity index (χ4v) is 4.16. The molecule has 1 atom stereocenters. The molecule has 0 bridgehead atoms. The number of rotatable bonds is 7. The number of amides is 1. The van der Waals surface area contributed by atoms with Crippen molar-refractivity contribution in [3.8, 4) is 5.75 Å². The van der Waals surface area contributed by atoms with Crippen molar-refractivity contribution in [2.45, 2.75) is 31.4 Å². The number of ether oxygens (including phenoxy) is 1. The first-order valence-corrected chi connectivity index (χ1v) is 12.4. The summed E-state index contributed by atoms with van der Waals surface area (Å²) in [7, 11) is -3.26. The van der Waals surface area contributed by atoms with Crippen LogP contribution in [-0.2, 0) is 16.4 Å². The van der Waals surface area contributed by atoms with E-state index >= 15 is 0 Å². The number of carbonyl (C=O) groups excluding carboxylic acids is 1. The number of imidazole rings is 1. The number of hydrogen-bond acceptors (Lipinski definition) is 5. The average Bonchev–Trinajstić information content (AvgIpc) is 3.22. The van der Waals surface area contributed by atoms with Crippen LogP contribution in [-0.4, -0.2) is 30.0 Å². The third-order valence-electron chi connectivity index (χ3n) is 5.37. The number of aryl methyl sites for hydroxylation is 1. The Morgan fingerprint density at radius 1 is 1.12 bits per heavy atom. The molecule has 33 heavy (non-hydrogen) atoms. The number of pyridine rings is 1. The highest BCUT2D eigenvalue weighted by molar-refractivity contribution is 7.90. The molecular formula is C25H25N3O4S. The number of nitrogens with one attached hydrogen (secondary N) is 1. The summed E-state index contributed by atoms with van der Waals surface area (Å²) in [5.74, 6) is 0.324. The molecule has 4 rings (SSSR count). The van der Waals surface area contributed by atoms with Gasteiger partial charge in [0.05, 0.1) is 16.6 Å². The van der Waals surface area contributed by atoms with Crippen LogP contribution in [0.25, 0.3) is 5.65 Å². The molecule has 0 saturated heterocycles. The molecule has 170 valence electrons. The van der Waals surface area contributed by atoms with E-state index in [4.69, 9.17) is 4.74 Å². The van der Waals surface area contributed by atoms with Crippen molar-refractivity contribution in [1.82, 2.24) is 14.7 Å². The van der Waals surface area contributed by atoms with Crippen LogP contribution >= 0.6 is 0 Å². The van der Waals surface area contributed by atoms with E-state index in [2.05, 4.69) is 10.3 Å². The van der Waals surface area contributed by atoms with Crippen molar-refractivity contribution in [2.75, 3.05) is 6.26 Å². The fraction of sp³-hybridized carbons (Fsp3) is 0.200. The van der Waals surface area contributed by atoms with Crippen LogP contribution in [0.1, 0.15) is 40.1 Å². The molecule has 8 heteroatoms. The van der Waals surface area contributed by atoms with Gasteiger partial charge < -0.3 is 14.5 Å². The Morgan fingerprint density at radius 3 is 2.58 bits per heavy atom. The first-order valence-electron chi connectivity index (χ1n) is 10.5. The summed E-state index contributed by atoms with van der Waals surface area (Å²) in [4.78, 5) is 17.6. The summed E-state index contributed by atoms with van der Waals surface area (Å²) in [6, 6.07) is 17.2. The van der Waals surface area contributed by atoms with Crippen LogP contribution in [0.2, 0.25) is 0 Å². The zero-order valence-corrected chi connectivity index (χ0v) is 19.5. The molecule has 4 aromatic rings. The lowest BCUT2D eigenvalue weighted by Crippen LogP contribution is -2.26. The van der Waals surface area contributed by atoms with Gasteiger partial charge in [0.25, 0.3) is 5.91 Å². The summed E-state index contributed by atoms with van der Waals surface area (Å²) < 4.78 is 31.1. The van der Waals surface area contributed by atoms with Crippen molar-refractivity contribution in [2.24, 2.45) is 0 Å². The van der Waals surface area contributed by atoms with Crippen LogP contribution < -0.4 is 10.1 Å². The maximum Gasteiger partial charge on any atom is 0.251 e. The molecule has 1 unspecified atom stereocenters. The van der Waals surface area contributed by atoms with Gasteiger partial charge in [-0.15, -0.1) is 0 Å². The van der Waals surface area contributed by atoms with Gasteiger partial charge in [-0.3, -0.25) is 4.79 Å². The van der Waals surface area contributed by atoms with Crippen LogP contribution in [0.15, 0.2) is 78.0 Å². The first-order chi connectivity index (χ1) is 15.7. The standard InChI is InChI=1S/C25H25N3O4S/c1-17-6-5-13-28-15-21(27-24(17)28)16-32-22-8-4-7-20(14-22)25(29)26-18(2)19-9-11-23(12-10-19)33(3,30)31/h4-15,18H,16H2,1-3H3,(H,26,29). The third-order valence-corrected chi connectivity index (χ3v) is 6.50. The van der Waals surface area contributed by atoms with Crippen molar-refractivity contribution in [3.63, 3.8) is 0 Å². The highest BCUT2D eigenvalue weighted by Gasteiger charge is 2.14. The molecule has 1 amide bonds. The molecule has 0 aliphatic carbocycles. The molecule has 0 spiro atoms. The molecule has 0 radical (unpaired) electrons. The molecule has 0 fully saturated rings. The summed E-state index contributed by atoms with van der Waals surface area (Å²) >= 11 is 0. The Hall–Kier alpha value is -3.65. The van der Waals surface area contributed by atoms with Crippen molar-refractivity contribution >= 4 is 21.4 Å². The Kier molecular flexibility index (Phi) is 6.20. The lowest BCUT2D eigenvalue weighted by molar-refractivity contribution is 0.0939. The van der Waals surface area contributed by atoms with E-state index in [0.29, 0.717) is 11.3 Å². The SMILES string of the molecule is Cc1cccn2cc(COc3cccc(C(=O)NC(C)c4ccc(S(C)(=O)=O)cc4)c3)nc12. The lowest BCUT2D eigenvalue weighted by Gasteiger charge is -2.15. The van der Waals surface area contributed by atoms with Gasteiger partial charge in [0.15, 0.2) is 9.84 Å². The number of nitrogens with zero attached hydrogens (tertiary/aromatic N) is 2. The molecule has 0 aliphatic heterocycles. The molecule has 1 N–H and O–H groups in total. The van der Waals surface area contributed by atoms with E-state index in [1.165, 1.54) is 6.26 Å². The quantitative estimate of drug-likeness (QED) is 0.445. The number of carbonyl (C=O) groups is 1. The average molecular weight is 464 g/mol. The number of benzene rings is 2. The molecule has 2 heterocycles. The van der Waals surface area contributed by atoms with Crippen molar-refractivity contribution in [1.29, 1.82) is 0 Å². The van der Waals surface area contributed by atoms with Gasteiger partial charge in [-0.2, -0.15) is 0 Å². The Balaban J connectivity index is 1.41. The van der Waals surface area contributed by atoms with E-state index in [-0.39, 0.29) is 23.5 Å².